The van der Waals surface area contributed by atoms with E-state index in [0.717, 1.165) is 5.92 Å². The van der Waals surface area contributed by atoms with E-state index in [1.54, 1.807) is 0 Å². The maximum Gasteiger partial charge on any atom is 0.0201 e. The third kappa shape index (κ3) is 2.25. The lowest BCUT2D eigenvalue weighted by atomic mass is 9.65. The van der Waals surface area contributed by atoms with Gasteiger partial charge in [0.2, 0.25) is 0 Å². The van der Waals surface area contributed by atoms with Gasteiger partial charge in [-0.05, 0) is 44.1 Å². The van der Waals surface area contributed by atoms with Crippen LogP contribution in [0.15, 0.2) is 0 Å². The van der Waals surface area contributed by atoms with E-state index in [9.17, 15) is 0 Å². The minimum atomic E-state index is 0.426. The smallest absolute Gasteiger partial charge is 0.0201 e. The summed E-state index contributed by atoms with van der Waals surface area (Å²) >= 11 is 0. The first kappa shape index (κ1) is 11.0. The Balaban J connectivity index is 2.63. The molecule has 1 nitrogen and oxygen atoms in total. The molecular formula is C12H25N. The second-order valence-electron chi connectivity index (χ2n) is 5.73. The lowest BCUT2D eigenvalue weighted by Gasteiger charge is -2.46. The van der Waals surface area contributed by atoms with Gasteiger partial charge in [0.25, 0.3) is 0 Å². The van der Waals surface area contributed by atoms with E-state index in [4.69, 9.17) is 0 Å². The highest BCUT2D eigenvalue weighted by molar-refractivity contribution is 4.96. The minimum Gasteiger partial charge on any atom is -0.314 e. The summed E-state index contributed by atoms with van der Waals surface area (Å²) in [5.74, 6) is 0.758. The Bertz CT molecular complexity index is 160. The van der Waals surface area contributed by atoms with Crippen molar-refractivity contribution in [3.8, 4) is 0 Å². The summed E-state index contributed by atoms with van der Waals surface area (Å²) in [6, 6.07) is 0. The number of rotatable bonds is 2. The van der Waals surface area contributed by atoms with Gasteiger partial charge < -0.3 is 5.32 Å². The van der Waals surface area contributed by atoms with Crippen LogP contribution in [0.1, 0.15) is 53.4 Å². The van der Waals surface area contributed by atoms with Crippen molar-refractivity contribution in [3.05, 3.63) is 0 Å². The van der Waals surface area contributed by atoms with Gasteiger partial charge in [-0.1, -0.05) is 27.7 Å². The van der Waals surface area contributed by atoms with E-state index in [1.165, 1.54) is 25.7 Å². The summed E-state index contributed by atoms with van der Waals surface area (Å²) in [7, 11) is 2.12. The quantitative estimate of drug-likeness (QED) is 0.693. The molecule has 0 aromatic rings. The molecule has 0 amide bonds. The SMILES string of the molecule is CNC1(C(C)C)CCC(C)(C)CC1. The molecule has 0 atom stereocenters. The molecule has 0 aromatic carbocycles. The molecule has 78 valence electrons. The molecule has 1 rings (SSSR count). The summed E-state index contributed by atoms with van der Waals surface area (Å²) in [4.78, 5) is 0. The average Bonchev–Trinajstić information content (AvgIpc) is 2.05. The summed E-state index contributed by atoms with van der Waals surface area (Å²) in [5.41, 5.74) is 1.00. The van der Waals surface area contributed by atoms with Crippen LogP contribution in [-0.2, 0) is 0 Å². The van der Waals surface area contributed by atoms with Crippen LogP contribution in [0.2, 0.25) is 0 Å². The molecule has 0 unspecified atom stereocenters. The Hall–Kier alpha value is -0.0400. The highest BCUT2D eigenvalue weighted by Crippen LogP contribution is 2.42. The molecule has 1 saturated carbocycles. The Labute approximate surface area is 83.3 Å². The predicted molar refractivity (Wildman–Crippen MR) is 58.9 cm³/mol. The van der Waals surface area contributed by atoms with E-state index in [2.05, 4.69) is 40.1 Å². The zero-order chi connectivity index (χ0) is 10.1. The van der Waals surface area contributed by atoms with Gasteiger partial charge in [-0.3, -0.25) is 0 Å². The molecule has 1 aliphatic rings. The molecule has 1 fully saturated rings. The van der Waals surface area contributed by atoms with Crippen molar-refractivity contribution in [1.82, 2.24) is 5.32 Å². The van der Waals surface area contributed by atoms with Gasteiger partial charge in [0.05, 0.1) is 0 Å². The van der Waals surface area contributed by atoms with Crippen LogP contribution in [0, 0.1) is 11.3 Å². The van der Waals surface area contributed by atoms with Crippen molar-refractivity contribution in [2.75, 3.05) is 7.05 Å². The lowest BCUT2D eigenvalue weighted by Crippen LogP contribution is -2.51. The molecule has 0 bridgehead atoms. The van der Waals surface area contributed by atoms with E-state index >= 15 is 0 Å². The molecule has 0 aliphatic heterocycles. The third-order valence-electron chi connectivity index (χ3n) is 4.10. The third-order valence-corrected chi connectivity index (χ3v) is 4.10. The van der Waals surface area contributed by atoms with Gasteiger partial charge in [-0.25, -0.2) is 0 Å². The van der Waals surface area contributed by atoms with Crippen LogP contribution in [0.3, 0.4) is 0 Å². The summed E-state index contributed by atoms with van der Waals surface area (Å²) in [5, 5.41) is 3.55. The van der Waals surface area contributed by atoms with Gasteiger partial charge in [-0.2, -0.15) is 0 Å². The molecule has 0 saturated heterocycles. The van der Waals surface area contributed by atoms with Crippen LogP contribution in [0.4, 0.5) is 0 Å². The Morgan fingerprint density at radius 1 is 1.00 bits per heavy atom. The lowest BCUT2D eigenvalue weighted by molar-refractivity contribution is 0.104. The fourth-order valence-corrected chi connectivity index (χ4v) is 2.49. The molecule has 0 radical (unpaired) electrons. The minimum absolute atomic E-state index is 0.426. The molecule has 0 aromatic heterocycles. The van der Waals surface area contributed by atoms with Crippen LogP contribution in [0.5, 0.6) is 0 Å². The number of nitrogens with one attached hydrogen (secondary N) is 1. The zero-order valence-electron chi connectivity index (χ0n) is 9.91. The maximum absolute atomic E-state index is 3.55. The van der Waals surface area contributed by atoms with Crippen molar-refractivity contribution in [2.45, 2.75) is 58.9 Å². The number of hydrogen-bond donors (Lipinski definition) is 1. The predicted octanol–water partition coefficient (Wildman–Crippen LogP) is 3.20. The van der Waals surface area contributed by atoms with Crippen molar-refractivity contribution in [2.24, 2.45) is 11.3 Å². The van der Waals surface area contributed by atoms with Crippen molar-refractivity contribution in [3.63, 3.8) is 0 Å². The van der Waals surface area contributed by atoms with Crippen LogP contribution in [0.25, 0.3) is 0 Å². The number of hydrogen-bond acceptors (Lipinski definition) is 1. The first-order valence-electron chi connectivity index (χ1n) is 5.61. The summed E-state index contributed by atoms with van der Waals surface area (Å²) in [6.07, 6.45) is 5.42. The Morgan fingerprint density at radius 3 is 1.77 bits per heavy atom. The first-order chi connectivity index (χ1) is 5.92. The van der Waals surface area contributed by atoms with E-state index in [-0.39, 0.29) is 0 Å². The van der Waals surface area contributed by atoms with Crippen LogP contribution >= 0.6 is 0 Å². The topological polar surface area (TPSA) is 12.0 Å². The largest absolute Gasteiger partial charge is 0.314 e. The fraction of sp³-hybridized carbons (Fsp3) is 1.00. The molecular weight excluding hydrogens is 158 g/mol. The Kier molecular flexibility index (Phi) is 3.06. The van der Waals surface area contributed by atoms with Crippen molar-refractivity contribution in [1.29, 1.82) is 0 Å². The van der Waals surface area contributed by atoms with Crippen molar-refractivity contribution >= 4 is 0 Å². The average molecular weight is 183 g/mol. The highest BCUT2D eigenvalue weighted by Gasteiger charge is 2.38. The van der Waals surface area contributed by atoms with Gasteiger partial charge in [0.15, 0.2) is 0 Å². The first-order valence-corrected chi connectivity index (χ1v) is 5.61. The van der Waals surface area contributed by atoms with E-state index < -0.39 is 0 Å². The normalized spacial score (nSPS) is 26.3. The summed E-state index contributed by atoms with van der Waals surface area (Å²) < 4.78 is 0. The summed E-state index contributed by atoms with van der Waals surface area (Å²) in [6.45, 7) is 9.48. The van der Waals surface area contributed by atoms with Gasteiger partial charge >= 0.3 is 0 Å². The van der Waals surface area contributed by atoms with Crippen LogP contribution in [-0.4, -0.2) is 12.6 Å². The van der Waals surface area contributed by atoms with E-state index in [1.807, 2.05) is 0 Å². The Morgan fingerprint density at radius 2 is 1.46 bits per heavy atom. The monoisotopic (exact) mass is 183 g/mol. The van der Waals surface area contributed by atoms with Crippen LogP contribution < -0.4 is 5.32 Å². The maximum atomic E-state index is 3.55. The molecule has 13 heavy (non-hydrogen) atoms. The molecule has 0 spiro atoms. The fourth-order valence-electron chi connectivity index (χ4n) is 2.49. The van der Waals surface area contributed by atoms with Gasteiger partial charge in [-0.15, -0.1) is 0 Å². The van der Waals surface area contributed by atoms with E-state index in [0.29, 0.717) is 11.0 Å². The van der Waals surface area contributed by atoms with Gasteiger partial charge in [0, 0.05) is 5.54 Å². The standard InChI is InChI=1S/C12H25N/c1-10(2)12(13-5)8-6-11(3,4)7-9-12/h10,13H,6-9H2,1-5H3. The van der Waals surface area contributed by atoms with Crippen molar-refractivity contribution < 1.29 is 0 Å². The molecule has 0 heterocycles. The molecule has 1 aliphatic carbocycles. The second-order valence-corrected chi connectivity index (χ2v) is 5.73. The zero-order valence-corrected chi connectivity index (χ0v) is 9.91. The molecule has 1 heteroatoms. The second kappa shape index (κ2) is 3.61. The molecule has 1 N–H and O–H groups in total. The van der Waals surface area contributed by atoms with Gasteiger partial charge in [0.1, 0.15) is 0 Å². The highest BCUT2D eigenvalue weighted by atomic mass is 14.9.